The smallest absolute Gasteiger partial charge is 0.341 e. The van der Waals surface area contributed by atoms with Crippen molar-refractivity contribution in [3.63, 3.8) is 0 Å². The summed E-state index contributed by atoms with van der Waals surface area (Å²) in [5, 5.41) is 0.253. The van der Waals surface area contributed by atoms with Gasteiger partial charge in [0, 0.05) is 18.8 Å². The molecule has 0 fully saturated rings. The number of amides is 1. The summed E-state index contributed by atoms with van der Waals surface area (Å²) in [5.41, 5.74) is 2.42. The van der Waals surface area contributed by atoms with Crippen LogP contribution >= 0.6 is 0 Å². The van der Waals surface area contributed by atoms with Crippen molar-refractivity contribution >= 4 is 34.6 Å². The topological polar surface area (TPSA) is 95.0 Å². The van der Waals surface area contributed by atoms with Crippen LogP contribution in [0.1, 0.15) is 48.2 Å². The summed E-state index contributed by atoms with van der Waals surface area (Å²) in [5.74, 6) is -1.19. The lowest BCUT2D eigenvalue weighted by atomic mass is 10.2. The van der Waals surface area contributed by atoms with Crippen LogP contribution in [0.5, 0.6) is 0 Å². The SMILES string of the molecule is CCCCn1c(=NC(=O)/C=C/c2ccccc2)c(C(=O)OCC)cc2c(=O)n3cccc(C)c3nc21. The molecule has 184 valence electrons. The minimum atomic E-state index is -0.656. The lowest BCUT2D eigenvalue weighted by Gasteiger charge is -2.15. The standard InChI is InChI=1S/C28H28N4O4/c1-4-6-16-31-25-21(27(34)32-17-10-11-19(3)24(32)30-25)18-22(28(35)36-5-2)26(31)29-23(33)15-14-20-12-8-7-9-13-20/h7-15,17-18H,4-6,16H2,1-3H3/b15-14+,29-26?. The molecule has 3 heterocycles. The van der Waals surface area contributed by atoms with E-state index in [4.69, 9.17) is 9.72 Å². The van der Waals surface area contributed by atoms with Crippen LogP contribution in [-0.2, 0) is 16.1 Å². The summed E-state index contributed by atoms with van der Waals surface area (Å²) in [4.78, 5) is 48.4. The van der Waals surface area contributed by atoms with Crippen LogP contribution < -0.4 is 11.0 Å². The minimum Gasteiger partial charge on any atom is -0.462 e. The third-order valence-electron chi connectivity index (χ3n) is 5.77. The Balaban J connectivity index is 2.04. The van der Waals surface area contributed by atoms with Gasteiger partial charge in [0.2, 0.25) is 0 Å². The lowest BCUT2D eigenvalue weighted by molar-refractivity contribution is -0.113. The van der Waals surface area contributed by atoms with Gasteiger partial charge in [0.05, 0.1) is 12.0 Å². The number of aromatic nitrogens is 3. The molecule has 3 aromatic heterocycles. The number of ether oxygens (including phenoxy) is 1. The van der Waals surface area contributed by atoms with E-state index in [1.54, 1.807) is 29.8 Å². The Labute approximate surface area is 208 Å². The summed E-state index contributed by atoms with van der Waals surface area (Å²) in [7, 11) is 0. The molecule has 0 atom stereocenters. The van der Waals surface area contributed by atoms with Gasteiger partial charge in [0.15, 0.2) is 5.49 Å². The molecule has 0 aliphatic heterocycles. The Morgan fingerprint density at radius 3 is 2.58 bits per heavy atom. The predicted molar refractivity (Wildman–Crippen MR) is 139 cm³/mol. The molecule has 0 aliphatic rings. The van der Waals surface area contributed by atoms with E-state index < -0.39 is 11.9 Å². The van der Waals surface area contributed by atoms with E-state index in [0.717, 1.165) is 24.0 Å². The van der Waals surface area contributed by atoms with Crippen LogP contribution in [0.3, 0.4) is 0 Å². The van der Waals surface area contributed by atoms with E-state index >= 15 is 0 Å². The molecule has 0 aliphatic carbocycles. The minimum absolute atomic E-state index is 0.0495. The highest BCUT2D eigenvalue weighted by Crippen LogP contribution is 2.14. The largest absolute Gasteiger partial charge is 0.462 e. The van der Waals surface area contributed by atoms with Crippen molar-refractivity contribution in [1.82, 2.24) is 14.0 Å². The predicted octanol–water partition coefficient (Wildman–Crippen LogP) is 4.08. The van der Waals surface area contributed by atoms with Gasteiger partial charge in [-0.2, -0.15) is 4.99 Å². The van der Waals surface area contributed by atoms with Crippen molar-refractivity contribution < 1.29 is 14.3 Å². The molecule has 8 nitrogen and oxygen atoms in total. The van der Waals surface area contributed by atoms with E-state index in [-0.39, 0.29) is 28.6 Å². The number of aryl methyl sites for hydroxylation is 2. The van der Waals surface area contributed by atoms with E-state index in [1.165, 1.54) is 16.5 Å². The molecule has 1 aromatic carbocycles. The quantitative estimate of drug-likeness (QED) is 0.224. The molecule has 0 saturated heterocycles. The number of nitrogens with zero attached hydrogens (tertiary/aromatic N) is 4. The van der Waals surface area contributed by atoms with Crippen LogP contribution in [0.25, 0.3) is 22.8 Å². The third kappa shape index (κ3) is 5.02. The second-order valence-electron chi connectivity index (χ2n) is 8.34. The Morgan fingerprint density at radius 2 is 1.86 bits per heavy atom. The Bertz CT molecular complexity index is 1600. The zero-order chi connectivity index (χ0) is 25.7. The number of hydrogen-bond donors (Lipinski definition) is 0. The molecule has 0 radical (unpaired) electrons. The van der Waals surface area contributed by atoms with Crippen molar-refractivity contribution in [2.24, 2.45) is 4.99 Å². The number of fused-ring (bicyclic) bond motifs is 2. The first-order valence-corrected chi connectivity index (χ1v) is 12.0. The van der Waals surface area contributed by atoms with Crippen LogP contribution in [0, 0.1) is 6.92 Å². The fourth-order valence-corrected chi connectivity index (χ4v) is 3.97. The first kappa shape index (κ1) is 24.8. The summed E-state index contributed by atoms with van der Waals surface area (Å²) < 4.78 is 8.41. The van der Waals surface area contributed by atoms with Gasteiger partial charge in [-0.1, -0.05) is 49.7 Å². The Morgan fingerprint density at radius 1 is 1.08 bits per heavy atom. The molecule has 0 N–H and O–H groups in total. The molecule has 0 bridgehead atoms. The monoisotopic (exact) mass is 484 g/mol. The van der Waals surface area contributed by atoms with Crippen molar-refractivity contribution in [3.05, 3.63) is 93.3 Å². The molecule has 4 aromatic rings. The maximum Gasteiger partial charge on any atom is 0.341 e. The van der Waals surface area contributed by atoms with E-state index in [1.807, 2.05) is 50.2 Å². The molecule has 0 unspecified atom stereocenters. The number of carbonyl (C=O) groups is 2. The van der Waals surface area contributed by atoms with Gasteiger partial charge in [0.1, 0.15) is 16.9 Å². The van der Waals surface area contributed by atoms with Crippen molar-refractivity contribution in [2.75, 3.05) is 6.61 Å². The van der Waals surface area contributed by atoms with Crippen LogP contribution in [-0.4, -0.2) is 32.4 Å². The summed E-state index contributed by atoms with van der Waals surface area (Å²) in [6, 6.07) is 14.5. The molecule has 0 saturated carbocycles. The van der Waals surface area contributed by atoms with Gasteiger partial charge >= 0.3 is 5.97 Å². The first-order valence-electron chi connectivity index (χ1n) is 12.0. The maximum atomic E-state index is 13.4. The highest BCUT2D eigenvalue weighted by Gasteiger charge is 2.20. The summed E-state index contributed by atoms with van der Waals surface area (Å²) in [6.45, 7) is 6.16. The zero-order valence-corrected chi connectivity index (χ0v) is 20.6. The number of pyridine rings is 2. The summed E-state index contributed by atoms with van der Waals surface area (Å²) in [6.07, 6.45) is 6.25. The van der Waals surface area contributed by atoms with Crippen molar-refractivity contribution in [1.29, 1.82) is 0 Å². The van der Waals surface area contributed by atoms with E-state index in [0.29, 0.717) is 17.8 Å². The number of benzene rings is 1. The van der Waals surface area contributed by atoms with Crippen molar-refractivity contribution in [3.8, 4) is 0 Å². The van der Waals surface area contributed by atoms with E-state index in [9.17, 15) is 14.4 Å². The van der Waals surface area contributed by atoms with Gasteiger partial charge in [-0.3, -0.25) is 14.0 Å². The number of unbranched alkanes of at least 4 members (excludes halogenated alkanes) is 1. The fraction of sp³-hybridized carbons (Fsp3) is 0.250. The normalized spacial score (nSPS) is 12.0. The highest BCUT2D eigenvalue weighted by molar-refractivity contribution is 5.96. The van der Waals surface area contributed by atoms with Crippen LogP contribution in [0.15, 0.2) is 70.6 Å². The first-order chi connectivity index (χ1) is 17.4. The van der Waals surface area contributed by atoms with Gasteiger partial charge in [-0.05, 0) is 49.6 Å². The lowest BCUT2D eigenvalue weighted by Crippen LogP contribution is -2.32. The van der Waals surface area contributed by atoms with Crippen LogP contribution in [0.2, 0.25) is 0 Å². The third-order valence-corrected chi connectivity index (χ3v) is 5.77. The van der Waals surface area contributed by atoms with Gasteiger partial charge < -0.3 is 9.30 Å². The average Bonchev–Trinajstić information content (AvgIpc) is 2.88. The summed E-state index contributed by atoms with van der Waals surface area (Å²) >= 11 is 0. The second kappa shape index (κ2) is 10.9. The number of carbonyl (C=O) groups excluding carboxylic acids is 2. The number of hydrogen-bond acceptors (Lipinski definition) is 5. The van der Waals surface area contributed by atoms with Crippen molar-refractivity contribution in [2.45, 2.75) is 40.2 Å². The molecule has 0 spiro atoms. The van der Waals surface area contributed by atoms with E-state index in [2.05, 4.69) is 4.99 Å². The fourth-order valence-electron chi connectivity index (χ4n) is 3.97. The molecule has 36 heavy (non-hydrogen) atoms. The number of esters is 1. The van der Waals surface area contributed by atoms with Gasteiger partial charge in [-0.25, -0.2) is 9.78 Å². The van der Waals surface area contributed by atoms with Crippen LogP contribution in [0.4, 0.5) is 0 Å². The Kier molecular flexibility index (Phi) is 7.53. The molecule has 1 amide bonds. The van der Waals surface area contributed by atoms with Gasteiger partial charge in [-0.15, -0.1) is 0 Å². The molecular weight excluding hydrogens is 456 g/mol. The second-order valence-corrected chi connectivity index (χ2v) is 8.34. The number of rotatable bonds is 7. The maximum absolute atomic E-state index is 13.4. The highest BCUT2D eigenvalue weighted by atomic mass is 16.5. The zero-order valence-electron chi connectivity index (χ0n) is 20.6. The molecule has 4 rings (SSSR count). The molecule has 8 heteroatoms. The molecular formula is C28H28N4O4. The van der Waals surface area contributed by atoms with Gasteiger partial charge in [0.25, 0.3) is 11.5 Å². The Hall–Kier alpha value is -4.33. The average molecular weight is 485 g/mol.